The molecule has 0 spiro atoms. The van der Waals surface area contributed by atoms with Crippen molar-refractivity contribution in [3.63, 3.8) is 0 Å². The molecule has 0 bridgehead atoms. The summed E-state index contributed by atoms with van der Waals surface area (Å²) in [7, 11) is 0. The van der Waals surface area contributed by atoms with Crippen LogP contribution in [0.4, 0.5) is 11.6 Å². The molecule has 0 unspecified atom stereocenters. The molecule has 2 aromatic heterocycles. The van der Waals surface area contributed by atoms with Gasteiger partial charge in [-0.1, -0.05) is 60.8 Å². The highest BCUT2D eigenvalue weighted by molar-refractivity contribution is 6.35. The van der Waals surface area contributed by atoms with Crippen molar-refractivity contribution in [3.05, 3.63) is 65.8 Å². The quantitative estimate of drug-likeness (QED) is 0.430. The van der Waals surface area contributed by atoms with Crippen LogP contribution in [0, 0.1) is 0 Å². The number of rotatable bonds is 4. The largest absolute Gasteiger partial charge is 0.381 e. The van der Waals surface area contributed by atoms with E-state index in [0.717, 1.165) is 46.3 Å². The van der Waals surface area contributed by atoms with Gasteiger partial charge in [0.1, 0.15) is 0 Å². The zero-order valence-electron chi connectivity index (χ0n) is 16.5. The number of fused-ring (bicyclic) bond motifs is 1. The van der Waals surface area contributed by atoms with Gasteiger partial charge in [0, 0.05) is 28.8 Å². The van der Waals surface area contributed by atoms with Gasteiger partial charge >= 0.3 is 0 Å². The summed E-state index contributed by atoms with van der Waals surface area (Å²) in [4.78, 5) is 14.1. The zero-order chi connectivity index (χ0) is 20.5. The molecular formula is C24H22ClN5. The number of nitrogens with zero attached hydrogens (tertiary/aromatic N) is 3. The molecule has 2 heterocycles. The molecule has 1 aliphatic rings. The molecule has 30 heavy (non-hydrogen) atoms. The van der Waals surface area contributed by atoms with E-state index in [-0.39, 0.29) is 0 Å². The molecule has 6 heteroatoms. The van der Waals surface area contributed by atoms with Gasteiger partial charge in [-0.3, -0.25) is 4.98 Å². The Labute approximate surface area is 180 Å². The molecule has 1 aliphatic carbocycles. The SMILES string of the molecule is Nc1nc(-c2ccccc2)c(-c2cc(Cl)c3ncccc3c2)nc1NC1CCCC1. The summed E-state index contributed by atoms with van der Waals surface area (Å²) < 4.78 is 0. The van der Waals surface area contributed by atoms with Crippen LogP contribution in [0.2, 0.25) is 5.02 Å². The van der Waals surface area contributed by atoms with Crippen LogP contribution >= 0.6 is 11.6 Å². The Kier molecular flexibility index (Phi) is 4.97. The number of benzene rings is 2. The van der Waals surface area contributed by atoms with E-state index < -0.39 is 0 Å². The number of hydrogen-bond acceptors (Lipinski definition) is 5. The minimum Gasteiger partial charge on any atom is -0.381 e. The predicted octanol–water partition coefficient (Wildman–Crippen LogP) is 5.95. The minimum absolute atomic E-state index is 0.390. The van der Waals surface area contributed by atoms with Gasteiger partial charge in [0.15, 0.2) is 11.6 Å². The fraction of sp³-hybridized carbons (Fsp3) is 0.208. The van der Waals surface area contributed by atoms with Crippen molar-refractivity contribution in [2.45, 2.75) is 31.7 Å². The highest BCUT2D eigenvalue weighted by Gasteiger charge is 2.20. The first-order valence-electron chi connectivity index (χ1n) is 10.2. The van der Waals surface area contributed by atoms with Gasteiger partial charge in [-0.25, -0.2) is 9.97 Å². The Morgan fingerprint density at radius 3 is 2.47 bits per heavy atom. The van der Waals surface area contributed by atoms with E-state index in [9.17, 15) is 0 Å². The summed E-state index contributed by atoms with van der Waals surface area (Å²) in [5.41, 5.74) is 10.5. The van der Waals surface area contributed by atoms with E-state index in [4.69, 9.17) is 27.3 Å². The van der Waals surface area contributed by atoms with E-state index >= 15 is 0 Å². The van der Waals surface area contributed by atoms with E-state index in [1.165, 1.54) is 12.8 Å². The second-order valence-corrected chi connectivity index (χ2v) is 8.09. The molecule has 5 nitrogen and oxygen atoms in total. The average Bonchev–Trinajstić information content (AvgIpc) is 3.29. The summed E-state index contributed by atoms with van der Waals surface area (Å²) in [6.07, 6.45) is 6.46. The molecular weight excluding hydrogens is 394 g/mol. The van der Waals surface area contributed by atoms with Crippen LogP contribution in [0.3, 0.4) is 0 Å². The van der Waals surface area contributed by atoms with E-state index in [1.54, 1.807) is 6.20 Å². The number of anilines is 2. The normalized spacial score (nSPS) is 14.3. The van der Waals surface area contributed by atoms with Gasteiger partial charge in [-0.05, 0) is 31.0 Å². The van der Waals surface area contributed by atoms with Gasteiger partial charge in [-0.15, -0.1) is 0 Å². The molecule has 3 N–H and O–H groups in total. The van der Waals surface area contributed by atoms with Crippen LogP contribution in [0.1, 0.15) is 25.7 Å². The molecule has 5 rings (SSSR count). The third-order valence-corrected chi connectivity index (χ3v) is 5.89. The fourth-order valence-corrected chi connectivity index (χ4v) is 4.38. The fourth-order valence-electron chi connectivity index (χ4n) is 4.10. The van der Waals surface area contributed by atoms with Crippen molar-refractivity contribution in [1.29, 1.82) is 0 Å². The molecule has 0 aliphatic heterocycles. The Bertz CT molecular complexity index is 1200. The second kappa shape index (κ2) is 7.92. The first kappa shape index (κ1) is 18.8. The Hall–Kier alpha value is -3.18. The Morgan fingerprint density at radius 1 is 0.900 bits per heavy atom. The molecule has 1 fully saturated rings. The number of nitrogens with two attached hydrogens (primary N) is 1. The topological polar surface area (TPSA) is 76.7 Å². The standard InChI is InChI=1S/C24H22ClN5/c25-19-14-17(13-16-9-6-12-27-20(16)19)22-21(15-7-2-1-3-8-15)29-23(26)24(30-22)28-18-10-4-5-11-18/h1-3,6-9,12-14,18H,4-5,10-11H2,(H2,26,29)(H,28,30). The van der Waals surface area contributed by atoms with Crippen molar-refractivity contribution in [2.24, 2.45) is 0 Å². The molecule has 0 saturated heterocycles. The van der Waals surface area contributed by atoms with Crippen molar-refractivity contribution in [1.82, 2.24) is 15.0 Å². The maximum Gasteiger partial charge on any atom is 0.169 e. The van der Waals surface area contributed by atoms with Crippen LogP contribution in [-0.2, 0) is 0 Å². The molecule has 1 saturated carbocycles. The third-order valence-electron chi connectivity index (χ3n) is 5.60. The number of hydrogen-bond donors (Lipinski definition) is 2. The maximum atomic E-state index is 6.57. The molecule has 150 valence electrons. The third kappa shape index (κ3) is 3.57. The molecule has 0 radical (unpaired) electrons. The zero-order valence-corrected chi connectivity index (χ0v) is 17.2. The van der Waals surface area contributed by atoms with Gasteiger partial charge < -0.3 is 11.1 Å². The minimum atomic E-state index is 0.390. The first-order chi connectivity index (χ1) is 14.7. The number of nitrogens with one attached hydrogen (secondary N) is 1. The first-order valence-corrected chi connectivity index (χ1v) is 10.6. The lowest BCUT2D eigenvalue weighted by Gasteiger charge is -2.17. The second-order valence-electron chi connectivity index (χ2n) is 7.68. The lowest BCUT2D eigenvalue weighted by molar-refractivity contribution is 0.750. The number of pyridine rings is 1. The van der Waals surface area contributed by atoms with Crippen molar-refractivity contribution in [3.8, 4) is 22.5 Å². The smallest absolute Gasteiger partial charge is 0.169 e. The van der Waals surface area contributed by atoms with E-state index in [2.05, 4.69) is 16.4 Å². The number of halogens is 1. The lowest BCUT2D eigenvalue weighted by Crippen LogP contribution is -2.18. The molecule has 0 atom stereocenters. The highest BCUT2D eigenvalue weighted by atomic mass is 35.5. The number of aromatic nitrogens is 3. The summed E-state index contributed by atoms with van der Waals surface area (Å²) in [6, 6.07) is 18.2. The van der Waals surface area contributed by atoms with Gasteiger partial charge in [-0.2, -0.15) is 0 Å². The van der Waals surface area contributed by atoms with Gasteiger partial charge in [0.25, 0.3) is 0 Å². The molecule has 4 aromatic rings. The summed E-state index contributed by atoms with van der Waals surface area (Å²) in [6.45, 7) is 0. The monoisotopic (exact) mass is 415 g/mol. The number of nitrogen functional groups attached to an aromatic ring is 1. The van der Waals surface area contributed by atoms with E-state index in [1.807, 2.05) is 48.5 Å². The summed E-state index contributed by atoms with van der Waals surface area (Å²) in [5, 5.41) is 5.06. The molecule has 2 aromatic carbocycles. The van der Waals surface area contributed by atoms with Crippen molar-refractivity contribution >= 4 is 34.1 Å². The Balaban J connectivity index is 1.69. The van der Waals surface area contributed by atoms with Crippen LogP contribution < -0.4 is 11.1 Å². The Morgan fingerprint density at radius 2 is 1.67 bits per heavy atom. The lowest BCUT2D eigenvalue weighted by atomic mass is 10.0. The van der Waals surface area contributed by atoms with Crippen LogP contribution in [0.25, 0.3) is 33.4 Å². The van der Waals surface area contributed by atoms with Gasteiger partial charge in [0.05, 0.1) is 21.9 Å². The summed E-state index contributed by atoms with van der Waals surface area (Å²) in [5.74, 6) is 1.05. The predicted molar refractivity (Wildman–Crippen MR) is 124 cm³/mol. The van der Waals surface area contributed by atoms with Crippen molar-refractivity contribution in [2.75, 3.05) is 11.1 Å². The van der Waals surface area contributed by atoms with E-state index in [0.29, 0.717) is 22.7 Å². The van der Waals surface area contributed by atoms with Crippen LogP contribution in [0.15, 0.2) is 60.8 Å². The van der Waals surface area contributed by atoms with Gasteiger partial charge in [0.2, 0.25) is 0 Å². The van der Waals surface area contributed by atoms with Crippen molar-refractivity contribution < 1.29 is 0 Å². The van der Waals surface area contributed by atoms with Crippen LogP contribution in [-0.4, -0.2) is 21.0 Å². The van der Waals surface area contributed by atoms with Crippen LogP contribution in [0.5, 0.6) is 0 Å². The maximum absolute atomic E-state index is 6.57. The highest BCUT2D eigenvalue weighted by Crippen LogP contribution is 2.36. The molecule has 0 amide bonds. The average molecular weight is 416 g/mol. The summed E-state index contributed by atoms with van der Waals surface area (Å²) >= 11 is 6.57.